The Morgan fingerprint density at radius 1 is 0.431 bits per heavy atom. The maximum absolute atomic E-state index is 12.9. The minimum atomic E-state index is -0.870. The molecular formula is C93H167Cl2O18P2S+. The van der Waals surface area contributed by atoms with Crippen LogP contribution in [0.1, 0.15) is 318 Å². The Labute approximate surface area is 724 Å². The monoisotopic (exact) mass is 1740 g/mol. The maximum atomic E-state index is 12.9. The highest BCUT2D eigenvalue weighted by Crippen LogP contribution is 2.47. The molecule has 9 rings (SSSR count). The van der Waals surface area contributed by atoms with E-state index in [9.17, 15) is 29.4 Å². The number of rotatable bonds is 40. The number of carbonyl (C=O) groups excluding carboxylic acids is 4. The predicted molar refractivity (Wildman–Crippen MR) is 480 cm³/mol. The van der Waals surface area contributed by atoms with E-state index < -0.39 is 44.1 Å². The molecule has 3 aliphatic heterocycles. The van der Waals surface area contributed by atoms with Crippen molar-refractivity contribution in [1.29, 1.82) is 1.28 Å². The Morgan fingerprint density at radius 2 is 0.698 bits per heavy atom. The number of hydrogen-bond donors (Lipinski definition) is 4. The van der Waals surface area contributed by atoms with E-state index in [0.717, 1.165) is 124 Å². The highest BCUT2D eigenvalue weighted by molar-refractivity contribution is 8.24. The van der Waals surface area contributed by atoms with Crippen molar-refractivity contribution in [1.82, 2.24) is 0 Å². The molecule has 116 heavy (non-hydrogen) atoms. The predicted octanol–water partition coefficient (Wildman–Crippen LogP) is 21.2. The number of carbonyl (C=O) groups is 4. The van der Waals surface area contributed by atoms with Gasteiger partial charge in [-0.05, 0) is 245 Å². The van der Waals surface area contributed by atoms with Gasteiger partial charge in [0.2, 0.25) is 0 Å². The second-order valence-corrected chi connectivity index (χ2v) is 38.4. The molecule has 3 heterocycles. The first-order chi connectivity index (χ1) is 55.6. The van der Waals surface area contributed by atoms with Crippen LogP contribution in [0, 0.1) is 88.8 Å². The fourth-order valence-corrected chi connectivity index (χ4v) is 19.4. The molecule has 0 bridgehead atoms. The molecule has 0 spiro atoms. The van der Waals surface area contributed by atoms with Gasteiger partial charge in [0, 0.05) is 50.8 Å². The van der Waals surface area contributed by atoms with Gasteiger partial charge >= 0.3 is 25.2 Å². The zero-order chi connectivity index (χ0) is 84.0. The molecule has 0 radical (unpaired) electrons. The summed E-state index contributed by atoms with van der Waals surface area (Å²) in [5, 5.41) is 37.1. The summed E-state index contributed by atoms with van der Waals surface area (Å²) < 4.78 is 56.5. The molecule has 676 valence electrons. The number of halogens is 2. The molecule has 6 N–H and O–H groups in total. The summed E-state index contributed by atoms with van der Waals surface area (Å²) in [7, 11) is 2.20. The van der Waals surface area contributed by atoms with Crippen LogP contribution in [-0.2, 0) is 73.6 Å². The van der Waals surface area contributed by atoms with Crippen LogP contribution >= 0.6 is 39.1 Å². The molecule has 3 saturated heterocycles. The maximum Gasteiger partial charge on any atom is 0.355 e. The standard InChI is InChI=1S/C38H62O8.C28H46O6.C20H38O2.C5H10O.CH2Cl2.CH4.H2O.H2P2S/c1-4-5-6-11-30-14-16-31(17-15-30)32-18-20-33(21-19-32)34(26-45-37(39)28(2)24-43-35-12-7-9-22-41-35)27-46-38(40)29(3)25-44-36-13-8-10-23-42-36;1-4-5-6-7-22-8-10-23(11-9-22)24-12-14-25(15-13-24)26(18-33-27(31)20(2)16-29)19-34-28(32)21(3)17-30;1-2-3-4-5-16-6-8-17(9-7-16)18-10-12-19(13-11-18)20(14-21)15-22;1-5-3-2-4-6-5;2-1-3;;;1-2-3/h30-36H,2-27H2,1H3;22-26,29-30H,2-19H2,1H3;16-22H,2-15H2,1H3;5H,2-4H2,1H3;1H2;1H4;1H2;1H2/p+1/i/hT. The highest BCUT2D eigenvalue weighted by atomic mass is 35.5. The SMILES string of the molecule is C.C=C(CO)C(=O)OCC(COC(=O)C(=C)CO)C1CCC(C2CCC(CCCCC)CC2)CC1.C=C(COC1CCCCO1)C(=O)OCC(COC(=O)C(=C)COC1CCCCO1)C1CCC(C2CCC(CCCCC)CC2)CC1.CC1CCCO1.CCCCCC1CCC(C2CCC(C(CO)CO)CC2)CC1.ClCCl.O.[3H][P+](P)=S. The third kappa shape index (κ3) is 45.6. The summed E-state index contributed by atoms with van der Waals surface area (Å²) in [6.07, 6.45) is 55.8. The van der Waals surface area contributed by atoms with E-state index in [4.69, 9.17) is 77.3 Å². The van der Waals surface area contributed by atoms with Crippen molar-refractivity contribution in [3.05, 3.63) is 48.6 Å². The van der Waals surface area contributed by atoms with Gasteiger partial charge in [-0.1, -0.05) is 170 Å². The van der Waals surface area contributed by atoms with Crippen LogP contribution in [0.3, 0.4) is 0 Å². The fourth-order valence-electron chi connectivity index (χ4n) is 19.4. The van der Waals surface area contributed by atoms with Gasteiger partial charge in [0.1, 0.15) is 0 Å². The fraction of sp³-hybridized carbons (Fsp3) is 0.871. The minimum absolute atomic E-state index is 0. The van der Waals surface area contributed by atoms with Crippen LogP contribution in [0.4, 0.5) is 0 Å². The van der Waals surface area contributed by atoms with Gasteiger partial charge in [-0.2, -0.15) is 0 Å². The lowest BCUT2D eigenvalue weighted by molar-refractivity contribution is -0.162. The molecule has 0 aromatic carbocycles. The number of unbranched alkanes of at least 4 members (excludes halogenated alkanes) is 6. The molecule has 6 saturated carbocycles. The zero-order valence-corrected chi connectivity index (χ0v) is 76.4. The molecule has 5 unspecified atom stereocenters. The Bertz CT molecular complexity index is 2530. The average molecular weight is 1740 g/mol. The molecule has 23 heteroatoms. The third-order valence-electron chi connectivity index (χ3n) is 26.8. The first-order valence-corrected chi connectivity index (χ1v) is 50.0. The lowest BCUT2D eigenvalue weighted by Gasteiger charge is -2.39. The van der Waals surface area contributed by atoms with Crippen molar-refractivity contribution in [2.24, 2.45) is 88.8 Å². The summed E-state index contributed by atoms with van der Waals surface area (Å²) in [6, 6.07) is 0. The Morgan fingerprint density at radius 3 is 0.922 bits per heavy atom. The summed E-state index contributed by atoms with van der Waals surface area (Å²) in [5.74, 6) is 6.92. The van der Waals surface area contributed by atoms with Crippen LogP contribution in [0.15, 0.2) is 48.6 Å². The molecule has 0 amide bonds. The van der Waals surface area contributed by atoms with E-state index in [2.05, 4.69) is 74.7 Å². The van der Waals surface area contributed by atoms with E-state index in [-0.39, 0.29) is 124 Å². The quantitative estimate of drug-likeness (QED) is 0.0111. The Balaban J connectivity index is 0.000000571. The number of aliphatic hydroxyl groups excluding tert-OH is 4. The number of alkyl halides is 2. The van der Waals surface area contributed by atoms with E-state index >= 15 is 0 Å². The highest BCUT2D eigenvalue weighted by Gasteiger charge is 2.38. The average Bonchev–Trinajstić information content (AvgIpc) is 0.870. The smallest absolute Gasteiger partial charge is 0.355 e. The molecular weight excluding hydrogens is 1570 g/mol. The van der Waals surface area contributed by atoms with Gasteiger partial charge in [0.25, 0.3) is 0 Å². The Kier molecular flexibility index (Phi) is 63.7. The van der Waals surface area contributed by atoms with Gasteiger partial charge in [0.05, 0.1) is 95.5 Å². The summed E-state index contributed by atoms with van der Waals surface area (Å²) in [4.78, 5) is 49.7. The van der Waals surface area contributed by atoms with E-state index in [0.29, 0.717) is 37.1 Å². The number of aliphatic hydroxyl groups is 4. The van der Waals surface area contributed by atoms with Crippen LogP contribution in [0.5, 0.6) is 0 Å². The lowest BCUT2D eigenvalue weighted by Crippen LogP contribution is -2.33. The van der Waals surface area contributed by atoms with Gasteiger partial charge in [-0.3, -0.25) is 0 Å². The van der Waals surface area contributed by atoms with Crippen LogP contribution in [0.2, 0.25) is 0 Å². The van der Waals surface area contributed by atoms with Crippen molar-refractivity contribution in [3.63, 3.8) is 0 Å². The van der Waals surface area contributed by atoms with Crippen LogP contribution in [0.25, 0.3) is 0 Å². The zero-order valence-electron chi connectivity index (χ0n) is 73.0. The molecule has 6 aliphatic carbocycles. The largest absolute Gasteiger partial charge is 0.462 e. The summed E-state index contributed by atoms with van der Waals surface area (Å²) in [6.45, 7) is 25.5. The van der Waals surface area contributed by atoms with Crippen LogP contribution in [-0.4, -0.2) is 161 Å². The van der Waals surface area contributed by atoms with Crippen molar-refractivity contribution in [2.45, 2.75) is 336 Å². The number of esters is 4. The first kappa shape index (κ1) is 108. The lowest BCUT2D eigenvalue weighted by atomic mass is 9.67. The van der Waals surface area contributed by atoms with Crippen LogP contribution < -0.4 is 0 Å². The number of ether oxygens (including phenoxy) is 9. The van der Waals surface area contributed by atoms with Gasteiger partial charge < -0.3 is 68.5 Å². The first-order valence-electron chi connectivity index (χ1n) is 45.8. The van der Waals surface area contributed by atoms with Crippen molar-refractivity contribution in [2.75, 3.05) is 91.2 Å². The van der Waals surface area contributed by atoms with Gasteiger partial charge in [-0.15, -0.1) is 23.2 Å². The summed E-state index contributed by atoms with van der Waals surface area (Å²) >= 11 is 13.8. The van der Waals surface area contributed by atoms with E-state index in [1.54, 1.807) is 0 Å². The second-order valence-electron chi connectivity index (χ2n) is 34.9. The Hall–Kier alpha value is -2.03. The molecule has 0 aromatic rings. The van der Waals surface area contributed by atoms with Crippen molar-refractivity contribution < 1.29 is 87.7 Å². The van der Waals surface area contributed by atoms with Gasteiger partial charge in [-0.25, -0.2) is 19.2 Å². The third-order valence-corrected chi connectivity index (χ3v) is 26.8. The van der Waals surface area contributed by atoms with Gasteiger partial charge in [0.15, 0.2) is 31.4 Å². The summed E-state index contributed by atoms with van der Waals surface area (Å²) in [5.41, 5.74) is 0.570. The number of hydrogen-bond acceptors (Lipinski definition) is 18. The molecule has 9 aliphatic rings. The molecule has 0 aromatic heterocycles. The van der Waals surface area contributed by atoms with E-state index in [1.165, 1.54) is 218 Å². The molecule has 9 fully saturated rings. The van der Waals surface area contributed by atoms with Crippen molar-refractivity contribution in [3.8, 4) is 0 Å². The second kappa shape index (κ2) is 68.3. The van der Waals surface area contributed by atoms with E-state index in [1.807, 2.05) is 0 Å². The molecule has 5 atom stereocenters. The minimum Gasteiger partial charge on any atom is -0.462 e. The molecule has 18 nitrogen and oxygen atoms in total. The topological polar surface area (TPSA) is 264 Å². The normalized spacial score (nSPS) is 27.6. The van der Waals surface area contributed by atoms with Crippen molar-refractivity contribution >= 4 is 74.8 Å².